The van der Waals surface area contributed by atoms with Crippen molar-refractivity contribution < 1.29 is 17.2 Å². The Bertz CT molecular complexity index is 564. The fraction of sp³-hybridized carbons (Fsp3) is 0.143. The van der Waals surface area contributed by atoms with E-state index in [-0.39, 0.29) is 0 Å². The van der Waals surface area contributed by atoms with Crippen molar-refractivity contribution in [1.82, 2.24) is 4.98 Å². The van der Waals surface area contributed by atoms with Gasteiger partial charge in [0.15, 0.2) is 0 Å². The molecule has 1 aromatic rings. The molecule has 0 saturated carbocycles. The lowest BCUT2D eigenvalue weighted by molar-refractivity contribution is 0.142. The summed E-state index contributed by atoms with van der Waals surface area (Å²) in [7, 11) is -4.41. The van der Waals surface area contributed by atoms with Crippen molar-refractivity contribution in [3.8, 4) is 6.07 Å². The van der Waals surface area contributed by atoms with Crippen molar-refractivity contribution in [2.75, 3.05) is 5.73 Å². The van der Waals surface area contributed by atoms with Gasteiger partial charge in [-0.2, -0.15) is 5.26 Å². The van der Waals surface area contributed by atoms with Crippen LogP contribution in [-0.4, -0.2) is 13.4 Å². The molecule has 4 N–H and O–H groups in total. The normalized spacial score (nSPS) is 11.4. The van der Waals surface area contributed by atoms with E-state index < -0.39 is 38.4 Å². The second-order valence-corrected chi connectivity index (χ2v) is 4.27. The van der Waals surface area contributed by atoms with Crippen LogP contribution in [0.2, 0.25) is 0 Å². The molecule has 1 rings (SSSR count). The first kappa shape index (κ1) is 12.3. The van der Waals surface area contributed by atoms with Crippen LogP contribution in [0, 0.1) is 11.3 Å². The molecular formula is C7H6F2N4O2S. The third kappa shape index (κ3) is 2.23. The van der Waals surface area contributed by atoms with E-state index in [0.717, 1.165) is 6.07 Å². The number of sulfonamides is 1. The molecule has 0 bridgehead atoms. The van der Waals surface area contributed by atoms with Crippen LogP contribution in [0.1, 0.15) is 17.8 Å². The highest BCUT2D eigenvalue weighted by Crippen LogP contribution is 2.28. The van der Waals surface area contributed by atoms with E-state index in [9.17, 15) is 17.2 Å². The number of nitrogens with two attached hydrogens (primary N) is 2. The molecule has 0 aliphatic heterocycles. The quantitative estimate of drug-likeness (QED) is 0.769. The van der Waals surface area contributed by atoms with Crippen LogP contribution >= 0.6 is 0 Å². The molecule has 0 fully saturated rings. The number of aromatic nitrogens is 1. The second-order valence-electron chi connectivity index (χ2n) is 2.77. The Labute approximate surface area is 89.5 Å². The topological polar surface area (TPSA) is 123 Å². The Morgan fingerprint density at radius 3 is 2.44 bits per heavy atom. The average molecular weight is 248 g/mol. The largest absolute Gasteiger partial charge is 0.397 e. The Hall–Kier alpha value is -1.79. The number of rotatable bonds is 2. The molecule has 1 aromatic heterocycles. The van der Waals surface area contributed by atoms with Crippen molar-refractivity contribution in [1.29, 1.82) is 5.26 Å². The number of nitriles is 1. The maximum Gasteiger partial charge on any atom is 0.281 e. The van der Waals surface area contributed by atoms with Crippen LogP contribution in [0.15, 0.2) is 11.0 Å². The SMILES string of the molecule is N#Cc1cc(N)c(S(N)(=O)=O)c(C(F)F)n1. The monoisotopic (exact) mass is 248 g/mol. The number of hydrogen-bond donors (Lipinski definition) is 2. The molecule has 0 amide bonds. The molecule has 0 atom stereocenters. The number of pyridine rings is 1. The van der Waals surface area contributed by atoms with Crippen molar-refractivity contribution >= 4 is 15.7 Å². The molecule has 6 nitrogen and oxygen atoms in total. The van der Waals surface area contributed by atoms with Gasteiger partial charge in [-0.25, -0.2) is 27.3 Å². The lowest BCUT2D eigenvalue weighted by Gasteiger charge is -2.08. The van der Waals surface area contributed by atoms with Gasteiger partial charge in [-0.15, -0.1) is 0 Å². The number of anilines is 1. The van der Waals surface area contributed by atoms with Crippen LogP contribution in [0.25, 0.3) is 0 Å². The first-order valence-electron chi connectivity index (χ1n) is 3.79. The zero-order chi connectivity index (χ0) is 12.5. The van der Waals surface area contributed by atoms with Gasteiger partial charge in [0.05, 0.1) is 5.69 Å². The predicted molar refractivity (Wildman–Crippen MR) is 49.7 cm³/mol. The molecule has 9 heteroatoms. The third-order valence-corrected chi connectivity index (χ3v) is 2.65. The zero-order valence-electron chi connectivity index (χ0n) is 7.68. The molecule has 1 heterocycles. The van der Waals surface area contributed by atoms with Gasteiger partial charge in [0.1, 0.15) is 22.4 Å². The maximum atomic E-state index is 12.5. The summed E-state index contributed by atoms with van der Waals surface area (Å²) < 4.78 is 47.1. The predicted octanol–water partition coefficient (Wildman–Crippen LogP) is 0.120. The molecule has 0 spiro atoms. The van der Waals surface area contributed by atoms with Crippen LogP contribution in [0.3, 0.4) is 0 Å². The minimum absolute atomic E-state index is 0.403. The van der Waals surface area contributed by atoms with Gasteiger partial charge in [-0.05, 0) is 6.07 Å². The smallest absolute Gasteiger partial charge is 0.281 e. The molecule has 0 aliphatic rings. The minimum atomic E-state index is -4.41. The lowest BCUT2D eigenvalue weighted by Crippen LogP contribution is -2.18. The summed E-state index contributed by atoms with van der Waals surface area (Å²) in [5, 5.41) is 13.2. The average Bonchev–Trinajstić information content (AvgIpc) is 2.14. The highest BCUT2D eigenvalue weighted by molar-refractivity contribution is 7.89. The number of nitrogen functional groups attached to an aromatic ring is 1. The van der Waals surface area contributed by atoms with Crippen molar-refractivity contribution in [3.63, 3.8) is 0 Å². The third-order valence-electron chi connectivity index (χ3n) is 1.63. The zero-order valence-corrected chi connectivity index (χ0v) is 8.50. The van der Waals surface area contributed by atoms with Crippen molar-refractivity contribution in [2.24, 2.45) is 5.14 Å². The van der Waals surface area contributed by atoms with E-state index in [0.29, 0.717) is 0 Å². The summed E-state index contributed by atoms with van der Waals surface area (Å²) in [5.41, 5.74) is 3.20. The summed E-state index contributed by atoms with van der Waals surface area (Å²) in [5.74, 6) is 0. The molecule has 0 aliphatic carbocycles. The molecular weight excluding hydrogens is 242 g/mol. The molecule has 86 valence electrons. The van der Waals surface area contributed by atoms with Gasteiger partial charge < -0.3 is 5.73 Å². The van der Waals surface area contributed by atoms with E-state index in [1.807, 2.05) is 0 Å². The van der Waals surface area contributed by atoms with E-state index >= 15 is 0 Å². The van der Waals surface area contributed by atoms with Crippen LogP contribution in [0.4, 0.5) is 14.5 Å². The summed E-state index contributed by atoms with van der Waals surface area (Å²) in [6.45, 7) is 0. The standard InChI is InChI=1S/C7H6F2N4O2S/c8-7(9)5-6(16(12,14)15)4(11)1-3(2-10)13-5/h1,7H,(H2,11,13)(H2,12,14,15). The van der Waals surface area contributed by atoms with Gasteiger partial charge in [0.25, 0.3) is 6.43 Å². The summed E-state index contributed by atoms with van der Waals surface area (Å²) in [6.07, 6.45) is -3.19. The summed E-state index contributed by atoms with van der Waals surface area (Å²) >= 11 is 0. The van der Waals surface area contributed by atoms with Gasteiger partial charge >= 0.3 is 0 Å². The molecule has 0 unspecified atom stereocenters. The number of halogens is 2. The summed E-state index contributed by atoms with van der Waals surface area (Å²) in [6, 6.07) is 2.35. The van der Waals surface area contributed by atoms with Gasteiger partial charge in [-0.1, -0.05) is 0 Å². The first-order chi connectivity index (χ1) is 7.27. The minimum Gasteiger partial charge on any atom is -0.397 e. The number of alkyl halides is 2. The fourth-order valence-electron chi connectivity index (χ4n) is 1.09. The highest BCUT2D eigenvalue weighted by Gasteiger charge is 2.26. The molecule has 16 heavy (non-hydrogen) atoms. The van der Waals surface area contributed by atoms with Crippen LogP contribution in [0.5, 0.6) is 0 Å². The number of primary sulfonamides is 1. The Kier molecular flexibility index (Phi) is 3.06. The first-order valence-corrected chi connectivity index (χ1v) is 5.33. The second kappa shape index (κ2) is 3.99. The van der Waals surface area contributed by atoms with Gasteiger partial charge in [-0.3, -0.25) is 0 Å². The Morgan fingerprint density at radius 1 is 1.50 bits per heavy atom. The molecule has 0 saturated heterocycles. The summed E-state index contributed by atoms with van der Waals surface area (Å²) in [4.78, 5) is 2.22. The fourth-order valence-corrected chi connectivity index (χ4v) is 1.90. The van der Waals surface area contributed by atoms with Crippen LogP contribution in [-0.2, 0) is 10.0 Å². The Morgan fingerprint density at radius 2 is 2.06 bits per heavy atom. The van der Waals surface area contributed by atoms with E-state index in [2.05, 4.69) is 4.98 Å². The van der Waals surface area contributed by atoms with Crippen molar-refractivity contribution in [2.45, 2.75) is 11.3 Å². The maximum absolute atomic E-state index is 12.5. The Balaban J connectivity index is 3.68. The van der Waals surface area contributed by atoms with E-state index in [1.54, 1.807) is 0 Å². The number of hydrogen-bond acceptors (Lipinski definition) is 5. The van der Waals surface area contributed by atoms with Crippen molar-refractivity contribution in [3.05, 3.63) is 17.5 Å². The molecule has 0 radical (unpaired) electrons. The van der Waals surface area contributed by atoms with Crippen LogP contribution < -0.4 is 10.9 Å². The van der Waals surface area contributed by atoms with E-state index in [1.165, 1.54) is 6.07 Å². The van der Waals surface area contributed by atoms with E-state index in [4.69, 9.17) is 16.1 Å². The molecule has 0 aromatic carbocycles. The number of nitrogens with zero attached hydrogens (tertiary/aromatic N) is 2. The highest BCUT2D eigenvalue weighted by atomic mass is 32.2. The lowest BCUT2D eigenvalue weighted by atomic mass is 10.2. The van der Waals surface area contributed by atoms with Gasteiger partial charge in [0.2, 0.25) is 10.0 Å². The van der Waals surface area contributed by atoms with Gasteiger partial charge in [0, 0.05) is 0 Å².